The Morgan fingerprint density at radius 3 is 2.46 bits per heavy atom. The maximum absolute atomic E-state index is 13.3. The van der Waals surface area contributed by atoms with Crippen molar-refractivity contribution in [2.75, 3.05) is 39.3 Å². The molecule has 2 aromatic carbocycles. The van der Waals surface area contributed by atoms with Crippen molar-refractivity contribution in [2.24, 2.45) is 0 Å². The van der Waals surface area contributed by atoms with Crippen LogP contribution in [0.3, 0.4) is 0 Å². The van der Waals surface area contributed by atoms with E-state index in [1.54, 1.807) is 4.31 Å². The lowest BCUT2D eigenvalue weighted by molar-refractivity contribution is 0.0705. The van der Waals surface area contributed by atoms with Gasteiger partial charge in [0.15, 0.2) is 0 Å². The normalized spacial score (nSPS) is 23.0. The van der Waals surface area contributed by atoms with Crippen LogP contribution in [0.15, 0.2) is 42.5 Å². The summed E-state index contributed by atoms with van der Waals surface area (Å²) in [6, 6.07) is 16.2. The third kappa shape index (κ3) is 6.12. The highest BCUT2D eigenvalue weighted by Crippen LogP contribution is 2.35. The molecule has 0 spiro atoms. The van der Waals surface area contributed by atoms with Crippen molar-refractivity contribution in [3.8, 4) is 11.1 Å². The second-order valence-corrected chi connectivity index (χ2v) is 12.9. The summed E-state index contributed by atoms with van der Waals surface area (Å²) in [7, 11) is -3.32. The summed E-state index contributed by atoms with van der Waals surface area (Å²) in [4.78, 5) is 2.54. The number of unbranched alkanes of at least 4 members (excludes halogenated alkanes) is 1. The predicted molar refractivity (Wildman–Crippen MR) is 154 cm³/mol. The Labute approximate surface area is 225 Å². The highest BCUT2D eigenvalue weighted by molar-refractivity contribution is 7.89. The first-order chi connectivity index (χ1) is 17.8. The van der Waals surface area contributed by atoms with Crippen molar-refractivity contribution in [2.45, 2.75) is 77.6 Å². The molecule has 1 N–H and O–H groups in total. The number of nitrogens with one attached hydrogen (secondary N) is 1. The topological polar surface area (TPSA) is 55.9 Å². The van der Waals surface area contributed by atoms with E-state index in [0.717, 1.165) is 45.4 Å². The van der Waals surface area contributed by atoms with Gasteiger partial charge in [-0.25, -0.2) is 17.7 Å². The van der Waals surface area contributed by atoms with Crippen LogP contribution in [0, 0.1) is 13.8 Å². The average molecular weight is 527 g/mol. The largest absolute Gasteiger partial charge is 0.299 e. The molecule has 0 bridgehead atoms. The first kappa shape index (κ1) is 28.2. The Bertz CT molecular complexity index is 1130. The van der Waals surface area contributed by atoms with Crippen LogP contribution in [-0.2, 0) is 10.0 Å². The molecule has 3 unspecified atom stereocenters. The van der Waals surface area contributed by atoms with Crippen molar-refractivity contribution >= 4 is 10.0 Å². The Morgan fingerprint density at radius 2 is 1.78 bits per heavy atom. The minimum atomic E-state index is -3.32. The van der Waals surface area contributed by atoms with Crippen LogP contribution in [0.4, 0.5) is 0 Å². The lowest BCUT2D eigenvalue weighted by atomic mass is 9.82. The van der Waals surface area contributed by atoms with Gasteiger partial charge in [0, 0.05) is 44.7 Å². The van der Waals surface area contributed by atoms with E-state index in [1.165, 1.54) is 27.8 Å². The highest BCUT2D eigenvalue weighted by atomic mass is 32.2. The summed E-state index contributed by atoms with van der Waals surface area (Å²) in [5.74, 6) is 0.569. The van der Waals surface area contributed by atoms with Crippen LogP contribution < -0.4 is 5.43 Å². The lowest BCUT2D eigenvalue weighted by Crippen LogP contribution is -2.53. The molecule has 0 radical (unpaired) electrons. The molecule has 0 amide bonds. The summed E-state index contributed by atoms with van der Waals surface area (Å²) in [5, 5.41) is 1.50. The Hall–Kier alpha value is -1.77. The number of hydrazine groups is 1. The fourth-order valence-electron chi connectivity index (χ4n) is 5.94. The summed E-state index contributed by atoms with van der Waals surface area (Å²) < 4.78 is 28.3. The number of aryl methyl sites for hydroxylation is 1. The fraction of sp³-hybridized carbons (Fsp3) is 0.600. The zero-order valence-corrected chi connectivity index (χ0v) is 24.2. The second-order valence-electron chi connectivity index (χ2n) is 10.8. The van der Waals surface area contributed by atoms with Gasteiger partial charge in [0.2, 0.25) is 10.0 Å². The molecule has 2 fully saturated rings. The highest BCUT2D eigenvalue weighted by Gasteiger charge is 2.39. The van der Waals surface area contributed by atoms with Crippen molar-refractivity contribution in [1.82, 2.24) is 19.6 Å². The second kappa shape index (κ2) is 12.4. The monoisotopic (exact) mass is 526 g/mol. The average Bonchev–Trinajstić information content (AvgIpc) is 3.36. The number of benzene rings is 2. The lowest BCUT2D eigenvalue weighted by Gasteiger charge is -2.47. The van der Waals surface area contributed by atoms with E-state index in [0.29, 0.717) is 31.5 Å². The van der Waals surface area contributed by atoms with Gasteiger partial charge in [-0.1, -0.05) is 56.3 Å². The van der Waals surface area contributed by atoms with Crippen molar-refractivity contribution in [3.63, 3.8) is 0 Å². The van der Waals surface area contributed by atoms with Crippen LogP contribution in [0.25, 0.3) is 11.1 Å². The molecule has 4 rings (SSSR count). The molecule has 2 heterocycles. The molecule has 6 nitrogen and oxygen atoms in total. The molecule has 2 aliphatic heterocycles. The van der Waals surface area contributed by atoms with Gasteiger partial charge in [-0.05, 0) is 80.8 Å². The molecule has 37 heavy (non-hydrogen) atoms. The van der Waals surface area contributed by atoms with E-state index in [2.05, 4.69) is 80.5 Å². The Balaban J connectivity index is 1.24. The van der Waals surface area contributed by atoms with E-state index in [-0.39, 0.29) is 0 Å². The number of hydrogen-bond donors (Lipinski definition) is 1. The number of hydrogen-bond acceptors (Lipinski definition) is 5. The Morgan fingerprint density at radius 1 is 1.03 bits per heavy atom. The van der Waals surface area contributed by atoms with Gasteiger partial charge in [-0.15, -0.1) is 0 Å². The third-order valence-corrected chi connectivity index (χ3v) is 10.9. The quantitative estimate of drug-likeness (QED) is 0.388. The van der Waals surface area contributed by atoms with Gasteiger partial charge >= 0.3 is 0 Å². The molecule has 2 aliphatic rings. The summed E-state index contributed by atoms with van der Waals surface area (Å²) >= 11 is 0. The van der Waals surface area contributed by atoms with Crippen molar-refractivity contribution < 1.29 is 8.42 Å². The SMILES string of the molecule is CCCN1NCCC1S(=O)(=O)N(CC)CCCCN1CC(c2ccc(-c3cccc(C)c3C)cc2)C1C. The zero-order valence-electron chi connectivity index (χ0n) is 23.4. The predicted octanol–water partition coefficient (Wildman–Crippen LogP) is 5.14. The third-order valence-electron chi connectivity index (χ3n) is 8.52. The van der Waals surface area contributed by atoms with Gasteiger partial charge in [-0.3, -0.25) is 10.3 Å². The molecule has 2 aromatic rings. The van der Waals surface area contributed by atoms with Crippen LogP contribution in [0.5, 0.6) is 0 Å². The molecule has 0 aliphatic carbocycles. The van der Waals surface area contributed by atoms with Gasteiger partial charge in [0.25, 0.3) is 0 Å². The maximum atomic E-state index is 13.3. The van der Waals surface area contributed by atoms with Crippen molar-refractivity contribution in [3.05, 3.63) is 59.2 Å². The zero-order chi connectivity index (χ0) is 26.6. The van der Waals surface area contributed by atoms with Crippen LogP contribution in [-0.4, -0.2) is 73.3 Å². The molecular weight excluding hydrogens is 480 g/mol. The minimum absolute atomic E-state index is 0.426. The number of sulfonamides is 1. The number of rotatable bonds is 12. The standard InChI is InChI=1S/C30H46N4O2S/c1-6-19-34-30(17-18-31-34)37(35,36)33(7-2)21-9-8-20-32-22-29(25(32)5)27-15-13-26(14-16-27)28-12-10-11-23(3)24(28)4/h10-16,25,29-31H,6-9,17-22H2,1-5H3. The Kier molecular flexibility index (Phi) is 9.46. The fourth-order valence-corrected chi connectivity index (χ4v) is 7.95. The molecule has 0 aromatic heterocycles. The van der Waals surface area contributed by atoms with E-state index >= 15 is 0 Å². The molecule has 3 atom stereocenters. The summed E-state index contributed by atoms with van der Waals surface area (Å²) in [5.41, 5.74) is 9.96. The van der Waals surface area contributed by atoms with Crippen LogP contribution >= 0.6 is 0 Å². The molecule has 204 valence electrons. The molecular formula is C30H46N4O2S. The number of likely N-dealkylation sites (tertiary alicyclic amines) is 1. The van der Waals surface area contributed by atoms with Gasteiger partial charge < -0.3 is 0 Å². The summed E-state index contributed by atoms with van der Waals surface area (Å²) in [6.07, 6.45) is 3.53. The van der Waals surface area contributed by atoms with Crippen molar-refractivity contribution in [1.29, 1.82) is 0 Å². The minimum Gasteiger partial charge on any atom is -0.299 e. The number of nitrogens with zero attached hydrogens (tertiary/aromatic N) is 3. The van der Waals surface area contributed by atoms with E-state index in [1.807, 2.05) is 11.9 Å². The van der Waals surface area contributed by atoms with Gasteiger partial charge in [0.1, 0.15) is 5.37 Å². The van der Waals surface area contributed by atoms with Gasteiger partial charge in [-0.2, -0.15) is 0 Å². The van der Waals surface area contributed by atoms with Crippen LogP contribution in [0.1, 0.15) is 69.1 Å². The van der Waals surface area contributed by atoms with Gasteiger partial charge in [0.05, 0.1) is 0 Å². The smallest absolute Gasteiger partial charge is 0.231 e. The molecule has 7 heteroatoms. The first-order valence-corrected chi connectivity index (χ1v) is 15.7. The molecule has 0 saturated carbocycles. The molecule has 2 saturated heterocycles. The van der Waals surface area contributed by atoms with E-state index in [4.69, 9.17) is 0 Å². The maximum Gasteiger partial charge on any atom is 0.231 e. The summed E-state index contributed by atoms with van der Waals surface area (Å²) in [6.45, 7) is 15.5. The van der Waals surface area contributed by atoms with E-state index < -0.39 is 15.4 Å². The van der Waals surface area contributed by atoms with Crippen LogP contribution in [0.2, 0.25) is 0 Å². The van der Waals surface area contributed by atoms with E-state index in [9.17, 15) is 8.42 Å². The first-order valence-electron chi connectivity index (χ1n) is 14.2.